The van der Waals surface area contributed by atoms with Gasteiger partial charge in [0, 0.05) is 24.3 Å². The van der Waals surface area contributed by atoms with Crippen LogP contribution in [0.15, 0.2) is 12.1 Å². The molecule has 110 valence electrons. The number of nitrogens with zero attached hydrogens (tertiary/aromatic N) is 2. The van der Waals surface area contributed by atoms with Crippen LogP contribution in [0.25, 0.3) is 0 Å². The summed E-state index contributed by atoms with van der Waals surface area (Å²) in [6.07, 6.45) is 9.61. The van der Waals surface area contributed by atoms with Crippen molar-refractivity contribution in [1.82, 2.24) is 4.98 Å². The first kappa shape index (κ1) is 13.9. The fraction of sp³-hybridized carbons (Fsp3) is 0.706. The average Bonchev–Trinajstić information content (AvgIpc) is 2.93. The molecule has 2 aliphatic carbocycles. The van der Waals surface area contributed by atoms with Crippen LogP contribution in [0.4, 0.5) is 5.82 Å². The van der Waals surface area contributed by atoms with Gasteiger partial charge in [0.1, 0.15) is 5.82 Å². The molecule has 0 atom stereocenters. The van der Waals surface area contributed by atoms with Gasteiger partial charge in [0.15, 0.2) is 0 Å². The molecule has 0 radical (unpaired) electrons. The number of hydrogen-bond donors (Lipinski definition) is 1. The molecule has 1 aromatic rings. The molecule has 3 rings (SSSR count). The number of nitrogens with two attached hydrogens (primary N) is 1. The number of aryl methyl sites for hydroxylation is 2. The molecule has 1 saturated carbocycles. The first-order chi connectivity index (χ1) is 9.78. The normalized spacial score (nSPS) is 25.5. The molecule has 0 amide bonds. The van der Waals surface area contributed by atoms with Gasteiger partial charge in [0.25, 0.3) is 0 Å². The molecule has 0 aliphatic heterocycles. The predicted octanol–water partition coefficient (Wildman–Crippen LogP) is 3.06. The zero-order valence-electron chi connectivity index (χ0n) is 12.6. The second-order valence-electron chi connectivity index (χ2n) is 6.39. The SMILES string of the molecule is CCCN(c1ccc2c(n1)CCC2)C1CCC(N)CC1. The van der Waals surface area contributed by atoms with E-state index in [0.717, 1.165) is 19.4 Å². The molecule has 0 aromatic carbocycles. The molecule has 1 aromatic heterocycles. The molecule has 3 heteroatoms. The van der Waals surface area contributed by atoms with Gasteiger partial charge in [0.05, 0.1) is 0 Å². The smallest absolute Gasteiger partial charge is 0.129 e. The summed E-state index contributed by atoms with van der Waals surface area (Å²) in [6.45, 7) is 3.38. The van der Waals surface area contributed by atoms with Crippen LogP contribution in [0.5, 0.6) is 0 Å². The van der Waals surface area contributed by atoms with E-state index in [9.17, 15) is 0 Å². The van der Waals surface area contributed by atoms with Crippen LogP contribution in [0.1, 0.15) is 56.7 Å². The van der Waals surface area contributed by atoms with Crippen molar-refractivity contribution in [3.63, 3.8) is 0 Å². The maximum absolute atomic E-state index is 6.05. The zero-order chi connectivity index (χ0) is 13.9. The Morgan fingerprint density at radius 3 is 2.75 bits per heavy atom. The van der Waals surface area contributed by atoms with E-state index >= 15 is 0 Å². The van der Waals surface area contributed by atoms with Gasteiger partial charge in [-0.15, -0.1) is 0 Å². The lowest BCUT2D eigenvalue weighted by Crippen LogP contribution is -2.41. The second kappa shape index (κ2) is 6.13. The van der Waals surface area contributed by atoms with Gasteiger partial charge in [-0.25, -0.2) is 4.98 Å². The molecule has 3 nitrogen and oxygen atoms in total. The third-order valence-electron chi connectivity index (χ3n) is 4.85. The van der Waals surface area contributed by atoms with Gasteiger partial charge in [-0.3, -0.25) is 0 Å². The van der Waals surface area contributed by atoms with Crippen LogP contribution in [0, 0.1) is 0 Å². The van der Waals surface area contributed by atoms with Gasteiger partial charge in [-0.05, 0) is 63.0 Å². The number of hydrogen-bond acceptors (Lipinski definition) is 3. The summed E-state index contributed by atoms with van der Waals surface area (Å²) in [5.74, 6) is 1.20. The summed E-state index contributed by atoms with van der Waals surface area (Å²) in [6, 6.07) is 5.61. The van der Waals surface area contributed by atoms with Gasteiger partial charge in [0.2, 0.25) is 0 Å². The zero-order valence-corrected chi connectivity index (χ0v) is 12.6. The predicted molar refractivity (Wildman–Crippen MR) is 84.1 cm³/mol. The second-order valence-corrected chi connectivity index (χ2v) is 6.39. The Morgan fingerprint density at radius 1 is 1.20 bits per heavy atom. The molecule has 0 saturated heterocycles. The molecular weight excluding hydrogens is 246 g/mol. The van der Waals surface area contributed by atoms with E-state index in [1.807, 2.05) is 0 Å². The Bertz CT molecular complexity index is 450. The van der Waals surface area contributed by atoms with Crippen LogP contribution in [-0.2, 0) is 12.8 Å². The van der Waals surface area contributed by atoms with Crippen molar-refractivity contribution in [2.75, 3.05) is 11.4 Å². The standard InChI is InChI=1S/C17H27N3/c1-2-12-20(15-9-7-14(18)8-10-15)17-11-6-13-4-3-5-16(13)19-17/h6,11,14-15H,2-5,7-10,12,18H2,1H3. The molecule has 20 heavy (non-hydrogen) atoms. The Morgan fingerprint density at radius 2 is 2.00 bits per heavy atom. The van der Waals surface area contributed by atoms with Gasteiger partial charge >= 0.3 is 0 Å². The number of rotatable bonds is 4. The number of aromatic nitrogens is 1. The Hall–Kier alpha value is -1.09. The third-order valence-corrected chi connectivity index (χ3v) is 4.85. The first-order valence-corrected chi connectivity index (χ1v) is 8.29. The molecule has 1 heterocycles. The van der Waals surface area contributed by atoms with E-state index in [1.165, 1.54) is 55.6 Å². The van der Waals surface area contributed by atoms with Crippen molar-refractivity contribution in [1.29, 1.82) is 0 Å². The van der Waals surface area contributed by atoms with Crippen LogP contribution in [0.2, 0.25) is 0 Å². The van der Waals surface area contributed by atoms with Crippen molar-refractivity contribution in [3.05, 3.63) is 23.4 Å². The molecular formula is C17H27N3. The first-order valence-electron chi connectivity index (χ1n) is 8.29. The summed E-state index contributed by atoms with van der Waals surface area (Å²) in [4.78, 5) is 7.51. The topological polar surface area (TPSA) is 42.2 Å². The molecule has 0 unspecified atom stereocenters. The Labute approximate surface area is 122 Å². The summed E-state index contributed by atoms with van der Waals surface area (Å²) in [7, 11) is 0. The van der Waals surface area contributed by atoms with Crippen LogP contribution in [0.3, 0.4) is 0 Å². The molecule has 2 N–H and O–H groups in total. The minimum atomic E-state index is 0.419. The van der Waals surface area contributed by atoms with E-state index in [2.05, 4.69) is 24.0 Å². The van der Waals surface area contributed by atoms with Crippen LogP contribution < -0.4 is 10.6 Å². The molecule has 1 fully saturated rings. The lowest BCUT2D eigenvalue weighted by Gasteiger charge is -2.37. The summed E-state index contributed by atoms with van der Waals surface area (Å²) >= 11 is 0. The Balaban J connectivity index is 1.79. The highest BCUT2D eigenvalue weighted by atomic mass is 15.2. The molecule has 0 bridgehead atoms. The van der Waals surface area contributed by atoms with E-state index in [1.54, 1.807) is 0 Å². The van der Waals surface area contributed by atoms with Crippen molar-refractivity contribution in [2.24, 2.45) is 5.73 Å². The van der Waals surface area contributed by atoms with E-state index in [-0.39, 0.29) is 0 Å². The van der Waals surface area contributed by atoms with Gasteiger partial charge in [-0.1, -0.05) is 13.0 Å². The van der Waals surface area contributed by atoms with Gasteiger partial charge < -0.3 is 10.6 Å². The van der Waals surface area contributed by atoms with Crippen molar-refractivity contribution in [3.8, 4) is 0 Å². The average molecular weight is 273 g/mol. The maximum Gasteiger partial charge on any atom is 0.129 e. The van der Waals surface area contributed by atoms with E-state index in [0.29, 0.717) is 12.1 Å². The minimum Gasteiger partial charge on any atom is -0.354 e. The largest absolute Gasteiger partial charge is 0.354 e. The third kappa shape index (κ3) is 2.83. The number of anilines is 1. The summed E-state index contributed by atoms with van der Waals surface area (Å²) in [5, 5.41) is 0. The quantitative estimate of drug-likeness (QED) is 0.917. The van der Waals surface area contributed by atoms with Crippen molar-refractivity contribution >= 4 is 5.82 Å². The van der Waals surface area contributed by atoms with E-state index < -0.39 is 0 Å². The van der Waals surface area contributed by atoms with E-state index in [4.69, 9.17) is 10.7 Å². The number of pyridine rings is 1. The van der Waals surface area contributed by atoms with Crippen LogP contribution in [-0.4, -0.2) is 23.6 Å². The monoisotopic (exact) mass is 273 g/mol. The highest BCUT2D eigenvalue weighted by Gasteiger charge is 2.25. The molecule has 2 aliphatic rings. The minimum absolute atomic E-state index is 0.419. The lowest BCUT2D eigenvalue weighted by atomic mass is 9.90. The van der Waals surface area contributed by atoms with Gasteiger partial charge in [-0.2, -0.15) is 0 Å². The summed E-state index contributed by atoms with van der Waals surface area (Å²) < 4.78 is 0. The highest BCUT2D eigenvalue weighted by Crippen LogP contribution is 2.29. The lowest BCUT2D eigenvalue weighted by molar-refractivity contribution is 0.374. The van der Waals surface area contributed by atoms with Crippen molar-refractivity contribution < 1.29 is 0 Å². The number of fused-ring (bicyclic) bond motifs is 1. The molecule has 0 spiro atoms. The Kier molecular flexibility index (Phi) is 4.25. The fourth-order valence-corrected chi connectivity index (χ4v) is 3.71. The van der Waals surface area contributed by atoms with Crippen molar-refractivity contribution in [2.45, 2.75) is 70.4 Å². The highest BCUT2D eigenvalue weighted by molar-refractivity contribution is 5.44. The summed E-state index contributed by atoms with van der Waals surface area (Å²) in [5.41, 5.74) is 8.86. The fourth-order valence-electron chi connectivity index (χ4n) is 3.71. The van der Waals surface area contributed by atoms with Crippen LogP contribution >= 0.6 is 0 Å². The maximum atomic E-state index is 6.05.